The van der Waals surface area contributed by atoms with Crippen molar-refractivity contribution < 1.29 is 0 Å². The lowest BCUT2D eigenvalue weighted by Gasteiger charge is -2.40. The molecule has 2 unspecified atom stereocenters. The Morgan fingerprint density at radius 3 is 2.76 bits per heavy atom. The van der Waals surface area contributed by atoms with E-state index in [1.165, 1.54) is 19.4 Å². The first-order valence-electron chi connectivity index (χ1n) is 6.88. The van der Waals surface area contributed by atoms with E-state index in [-0.39, 0.29) is 0 Å². The molecule has 0 spiro atoms. The zero-order chi connectivity index (χ0) is 11.9. The van der Waals surface area contributed by atoms with Gasteiger partial charge in [0.1, 0.15) is 5.54 Å². The van der Waals surface area contributed by atoms with E-state index in [0.717, 1.165) is 45.1 Å². The number of rotatable bonds is 3. The van der Waals surface area contributed by atoms with Gasteiger partial charge in [-0.15, -0.1) is 0 Å². The maximum Gasteiger partial charge on any atom is 0.119 e. The largest absolute Gasteiger partial charge is 0.312 e. The van der Waals surface area contributed by atoms with Crippen molar-refractivity contribution in [2.24, 2.45) is 11.7 Å². The van der Waals surface area contributed by atoms with Crippen LogP contribution in [0.15, 0.2) is 0 Å². The standard InChI is InChI=1S/C13H22N4/c14-9-13(15,11-3-4-11)10-16-6-7-17-5-1-2-12(17)8-16/h11-12H,1-8,10,15H2. The molecule has 1 aliphatic carbocycles. The van der Waals surface area contributed by atoms with Crippen LogP contribution in [0.25, 0.3) is 0 Å². The molecule has 2 N–H and O–H groups in total. The van der Waals surface area contributed by atoms with Gasteiger partial charge in [-0.3, -0.25) is 9.80 Å². The molecule has 0 aromatic rings. The first-order chi connectivity index (χ1) is 8.21. The topological polar surface area (TPSA) is 56.3 Å². The zero-order valence-electron chi connectivity index (χ0n) is 10.4. The molecule has 0 bridgehead atoms. The van der Waals surface area contributed by atoms with Crippen LogP contribution in [0.3, 0.4) is 0 Å². The Morgan fingerprint density at radius 1 is 1.24 bits per heavy atom. The monoisotopic (exact) mass is 234 g/mol. The van der Waals surface area contributed by atoms with Gasteiger partial charge < -0.3 is 5.73 Å². The van der Waals surface area contributed by atoms with Crippen LogP contribution in [-0.4, -0.2) is 54.1 Å². The predicted octanol–water partition coefficient (Wildman–Crippen LogP) is 0.397. The number of hydrogen-bond donors (Lipinski definition) is 1. The molecule has 2 aliphatic heterocycles. The van der Waals surface area contributed by atoms with Crippen molar-refractivity contribution in [2.45, 2.75) is 37.3 Å². The summed E-state index contributed by atoms with van der Waals surface area (Å²) in [4.78, 5) is 5.02. The predicted molar refractivity (Wildman–Crippen MR) is 66.3 cm³/mol. The van der Waals surface area contributed by atoms with Gasteiger partial charge in [0, 0.05) is 32.2 Å². The van der Waals surface area contributed by atoms with Crippen molar-refractivity contribution in [3.05, 3.63) is 0 Å². The molecule has 3 fully saturated rings. The van der Waals surface area contributed by atoms with Gasteiger partial charge in [0.25, 0.3) is 0 Å². The fraction of sp³-hybridized carbons (Fsp3) is 0.923. The Balaban J connectivity index is 1.60. The quantitative estimate of drug-likeness (QED) is 0.768. The molecular formula is C13H22N4. The molecule has 17 heavy (non-hydrogen) atoms. The minimum Gasteiger partial charge on any atom is -0.312 e. The van der Waals surface area contributed by atoms with Crippen LogP contribution in [-0.2, 0) is 0 Å². The van der Waals surface area contributed by atoms with Crippen LogP contribution in [0, 0.1) is 17.2 Å². The molecule has 0 radical (unpaired) electrons. The number of nitrogens with zero attached hydrogens (tertiary/aromatic N) is 3. The summed E-state index contributed by atoms with van der Waals surface area (Å²) >= 11 is 0. The van der Waals surface area contributed by atoms with Gasteiger partial charge in [-0.25, -0.2) is 0 Å². The average molecular weight is 234 g/mol. The summed E-state index contributed by atoms with van der Waals surface area (Å²) in [5.74, 6) is 0.453. The summed E-state index contributed by atoms with van der Waals surface area (Å²) in [6.07, 6.45) is 4.96. The number of fused-ring (bicyclic) bond motifs is 1. The Bertz CT molecular complexity index is 333. The molecule has 3 aliphatic rings. The van der Waals surface area contributed by atoms with Crippen molar-refractivity contribution in [3.63, 3.8) is 0 Å². The van der Waals surface area contributed by atoms with Gasteiger partial charge in [0.05, 0.1) is 6.07 Å². The lowest BCUT2D eigenvalue weighted by molar-refractivity contribution is 0.0901. The highest BCUT2D eigenvalue weighted by Crippen LogP contribution is 2.38. The van der Waals surface area contributed by atoms with Crippen molar-refractivity contribution in [2.75, 3.05) is 32.7 Å². The molecule has 3 rings (SSSR count). The van der Waals surface area contributed by atoms with Gasteiger partial charge in [-0.1, -0.05) is 0 Å². The summed E-state index contributed by atoms with van der Waals surface area (Å²) in [5, 5.41) is 9.30. The van der Waals surface area contributed by atoms with E-state index in [2.05, 4.69) is 15.9 Å². The van der Waals surface area contributed by atoms with E-state index in [1.807, 2.05) is 0 Å². The summed E-state index contributed by atoms with van der Waals surface area (Å²) in [6, 6.07) is 3.10. The van der Waals surface area contributed by atoms with E-state index in [9.17, 15) is 5.26 Å². The lowest BCUT2D eigenvalue weighted by Crippen LogP contribution is -2.57. The molecule has 2 saturated heterocycles. The molecule has 2 heterocycles. The van der Waals surface area contributed by atoms with Crippen molar-refractivity contribution in [3.8, 4) is 6.07 Å². The molecule has 0 aromatic carbocycles. The fourth-order valence-corrected chi connectivity index (χ4v) is 3.42. The first kappa shape index (κ1) is 11.5. The fourth-order valence-electron chi connectivity index (χ4n) is 3.42. The smallest absolute Gasteiger partial charge is 0.119 e. The summed E-state index contributed by atoms with van der Waals surface area (Å²) in [5.41, 5.74) is 5.67. The SMILES string of the molecule is N#CC(N)(CN1CCN2CCCC2C1)C1CC1. The normalized spacial score (nSPS) is 34.0. The average Bonchev–Trinajstić information content (AvgIpc) is 3.09. The van der Waals surface area contributed by atoms with E-state index in [0.29, 0.717) is 5.92 Å². The van der Waals surface area contributed by atoms with Gasteiger partial charge in [-0.2, -0.15) is 5.26 Å². The molecule has 4 heteroatoms. The highest BCUT2D eigenvalue weighted by atomic mass is 15.3. The molecule has 0 amide bonds. The second kappa shape index (κ2) is 4.24. The van der Waals surface area contributed by atoms with Crippen LogP contribution < -0.4 is 5.73 Å². The Labute approximate surface area is 103 Å². The Morgan fingerprint density at radius 2 is 2.06 bits per heavy atom. The summed E-state index contributed by atoms with van der Waals surface area (Å²) in [7, 11) is 0. The van der Waals surface area contributed by atoms with Gasteiger partial charge in [0.2, 0.25) is 0 Å². The van der Waals surface area contributed by atoms with Crippen molar-refractivity contribution in [1.82, 2.24) is 9.80 Å². The van der Waals surface area contributed by atoms with E-state index < -0.39 is 5.54 Å². The molecular weight excluding hydrogens is 212 g/mol. The molecule has 4 nitrogen and oxygen atoms in total. The lowest BCUT2D eigenvalue weighted by atomic mass is 9.95. The van der Waals surface area contributed by atoms with E-state index in [4.69, 9.17) is 5.73 Å². The van der Waals surface area contributed by atoms with Crippen molar-refractivity contribution >= 4 is 0 Å². The highest BCUT2D eigenvalue weighted by molar-refractivity contribution is 5.15. The minimum atomic E-state index is -0.583. The molecule has 2 atom stereocenters. The number of hydrogen-bond acceptors (Lipinski definition) is 4. The van der Waals surface area contributed by atoms with Crippen LogP contribution in [0.4, 0.5) is 0 Å². The van der Waals surface area contributed by atoms with Crippen molar-refractivity contribution in [1.29, 1.82) is 5.26 Å². The van der Waals surface area contributed by atoms with Crippen LogP contribution in [0.5, 0.6) is 0 Å². The number of nitrogens with two attached hydrogens (primary N) is 1. The Kier molecular flexibility index (Phi) is 2.86. The van der Waals surface area contributed by atoms with Gasteiger partial charge in [-0.05, 0) is 38.1 Å². The maximum atomic E-state index is 9.30. The second-order valence-electron chi connectivity index (χ2n) is 5.99. The molecule has 1 saturated carbocycles. The number of nitriles is 1. The second-order valence-corrected chi connectivity index (χ2v) is 5.99. The maximum absolute atomic E-state index is 9.30. The third-order valence-electron chi connectivity index (χ3n) is 4.67. The highest BCUT2D eigenvalue weighted by Gasteiger charge is 2.44. The third kappa shape index (κ3) is 2.20. The minimum absolute atomic E-state index is 0.453. The van der Waals surface area contributed by atoms with E-state index in [1.54, 1.807) is 0 Å². The Hall–Kier alpha value is -0.630. The van der Waals surface area contributed by atoms with Crippen LogP contribution in [0.1, 0.15) is 25.7 Å². The summed E-state index contributed by atoms with van der Waals surface area (Å²) in [6.45, 7) is 5.42. The van der Waals surface area contributed by atoms with Crippen LogP contribution >= 0.6 is 0 Å². The van der Waals surface area contributed by atoms with Crippen LogP contribution in [0.2, 0.25) is 0 Å². The molecule has 94 valence electrons. The van der Waals surface area contributed by atoms with E-state index >= 15 is 0 Å². The zero-order valence-corrected chi connectivity index (χ0v) is 10.4. The van der Waals surface area contributed by atoms with Gasteiger partial charge in [0.15, 0.2) is 0 Å². The number of piperazine rings is 1. The van der Waals surface area contributed by atoms with Gasteiger partial charge >= 0.3 is 0 Å². The first-order valence-corrected chi connectivity index (χ1v) is 6.88. The third-order valence-corrected chi connectivity index (χ3v) is 4.67. The molecule has 0 aromatic heterocycles. The summed E-state index contributed by atoms with van der Waals surface area (Å²) < 4.78 is 0.